The molecule has 9 rings (SSSR count). The fourth-order valence-electron chi connectivity index (χ4n) is 8.06. The molecule has 240 valence electrons. The summed E-state index contributed by atoms with van der Waals surface area (Å²) in [4.78, 5) is 0. The minimum Gasteiger partial charge on any atom is -0.193 e. The van der Waals surface area contributed by atoms with Crippen LogP contribution in [-0.4, -0.2) is 0 Å². The molecule has 0 N–H and O–H groups in total. The Labute approximate surface area is 301 Å². The summed E-state index contributed by atoms with van der Waals surface area (Å²) >= 11 is 0. The maximum atomic E-state index is 9.96. The lowest BCUT2D eigenvalue weighted by Gasteiger charge is -2.17. The van der Waals surface area contributed by atoms with Crippen molar-refractivity contribution in [3.8, 4) is 62.7 Å². The van der Waals surface area contributed by atoms with E-state index in [9.17, 15) is 15.8 Å². The lowest BCUT2D eigenvalue weighted by Crippen LogP contribution is -1.91. The van der Waals surface area contributed by atoms with Crippen LogP contribution in [0.25, 0.3) is 93.2 Å². The Kier molecular flexibility index (Phi) is 7.08. The summed E-state index contributed by atoms with van der Waals surface area (Å²) in [6.07, 6.45) is 3.92. The first-order valence-corrected chi connectivity index (χ1v) is 17.3. The quantitative estimate of drug-likeness (QED) is 0.107. The molecule has 0 saturated carbocycles. The number of rotatable bonds is 4. The summed E-state index contributed by atoms with van der Waals surface area (Å²) in [6, 6.07) is 51.4. The van der Waals surface area contributed by atoms with Gasteiger partial charge < -0.3 is 0 Å². The molecular formula is C49H29N3. The zero-order valence-electron chi connectivity index (χ0n) is 28.6. The Morgan fingerprint density at radius 3 is 1.85 bits per heavy atom. The van der Waals surface area contributed by atoms with Crippen LogP contribution in [0.4, 0.5) is 0 Å². The summed E-state index contributed by atoms with van der Waals surface area (Å²) < 4.78 is 0. The van der Waals surface area contributed by atoms with Gasteiger partial charge in [0.2, 0.25) is 0 Å². The van der Waals surface area contributed by atoms with E-state index in [1.165, 1.54) is 27.6 Å². The van der Waals surface area contributed by atoms with Gasteiger partial charge in [0.15, 0.2) is 0 Å². The van der Waals surface area contributed by atoms with Crippen LogP contribution in [0.3, 0.4) is 0 Å². The Hall–Kier alpha value is -7.25. The second kappa shape index (κ2) is 12.0. The zero-order valence-corrected chi connectivity index (χ0v) is 28.6. The predicted octanol–water partition coefficient (Wildman–Crippen LogP) is 12.9. The largest absolute Gasteiger partial charge is 0.193 e. The third-order valence-electron chi connectivity index (χ3n) is 10.6. The van der Waals surface area contributed by atoms with Crippen molar-refractivity contribution in [2.45, 2.75) is 13.8 Å². The highest BCUT2D eigenvalue weighted by Gasteiger charge is 2.25. The number of nitrogens with zero attached hydrogens (tertiary/aromatic N) is 3. The Bertz CT molecular complexity index is 3050. The monoisotopic (exact) mass is 659 g/mol. The molecule has 0 aliphatic heterocycles. The van der Waals surface area contributed by atoms with E-state index in [2.05, 4.69) is 104 Å². The highest BCUT2D eigenvalue weighted by atomic mass is 14.3. The van der Waals surface area contributed by atoms with E-state index in [0.717, 1.165) is 71.1 Å². The van der Waals surface area contributed by atoms with Crippen molar-refractivity contribution in [1.82, 2.24) is 0 Å². The zero-order chi connectivity index (χ0) is 35.5. The third kappa shape index (κ3) is 4.64. The maximum absolute atomic E-state index is 9.96. The van der Waals surface area contributed by atoms with Crippen LogP contribution in [0.2, 0.25) is 0 Å². The minimum absolute atomic E-state index is 0.628. The van der Waals surface area contributed by atoms with E-state index in [4.69, 9.17) is 0 Å². The van der Waals surface area contributed by atoms with Crippen molar-refractivity contribution in [2.75, 3.05) is 0 Å². The minimum atomic E-state index is 0.628. The van der Waals surface area contributed by atoms with Crippen LogP contribution in [0, 0.1) is 34.0 Å². The van der Waals surface area contributed by atoms with Crippen molar-refractivity contribution >= 4 is 48.7 Å². The fourth-order valence-corrected chi connectivity index (χ4v) is 8.06. The van der Waals surface area contributed by atoms with E-state index in [1.807, 2.05) is 67.6 Å². The molecular weight excluding hydrogens is 631 g/mol. The van der Waals surface area contributed by atoms with Crippen LogP contribution in [-0.2, 0) is 0 Å². The molecule has 8 aromatic rings. The summed E-state index contributed by atoms with van der Waals surface area (Å²) in [6.45, 7) is 3.93. The molecule has 0 heterocycles. The molecule has 0 saturated heterocycles. The molecule has 0 aromatic heterocycles. The molecule has 0 fully saturated rings. The highest BCUT2D eigenvalue weighted by molar-refractivity contribution is 6.27. The highest BCUT2D eigenvalue weighted by Crippen LogP contribution is 2.52. The standard InChI is InChI=1S/C49H29N3/c1-29(26-50)14-15-30(2)41-22-47-43(36-11-6-5-10-35(36)41)23-42(32-18-16-31(27-51)17-19-32)46-24-45-40-21-20-37(34-9-4-3-8-33(34)28-52)38-12-7-13-39(49(38)40)44(45)25-48(46)47/h3-25H,1-2H3/b29-14+,30-15+. The van der Waals surface area contributed by atoms with Gasteiger partial charge in [0, 0.05) is 11.1 Å². The van der Waals surface area contributed by atoms with Crippen LogP contribution < -0.4 is 0 Å². The normalized spacial score (nSPS) is 12.2. The molecule has 0 amide bonds. The van der Waals surface area contributed by atoms with Gasteiger partial charge >= 0.3 is 0 Å². The number of allylic oxidation sites excluding steroid dienone is 4. The van der Waals surface area contributed by atoms with Crippen molar-refractivity contribution in [3.63, 3.8) is 0 Å². The molecule has 3 heteroatoms. The Balaban J connectivity index is 1.39. The Morgan fingerprint density at radius 2 is 1.08 bits per heavy atom. The van der Waals surface area contributed by atoms with Crippen molar-refractivity contribution in [1.29, 1.82) is 15.8 Å². The second-order valence-electron chi connectivity index (χ2n) is 13.5. The summed E-state index contributed by atoms with van der Waals surface area (Å²) in [5, 5.41) is 38.2. The van der Waals surface area contributed by atoms with E-state index in [-0.39, 0.29) is 0 Å². The topological polar surface area (TPSA) is 71.4 Å². The van der Waals surface area contributed by atoms with Crippen molar-refractivity contribution in [3.05, 3.63) is 162 Å². The number of fused-ring (bicyclic) bond motifs is 8. The number of hydrogen-bond acceptors (Lipinski definition) is 3. The summed E-state index contributed by atoms with van der Waals surface area (Å²) in [5.74, 6) is 0. The molecule has 0 unspecified atom stereocenters. The van der Waals surface area contributed by atoms with E-state index in [1.54, 1.807) is 0 Å². The van der Waals surface area contributed by atoms with Crippen LogP contribution >= 0.6 is 0 Å². The molecule has 52 heavy (non-hydrogen) atoms. The van der Waals surface area contributed by atoms with E-state index in [0.29, 0.717) is 16.7 Å². The maximum Gasteiger partial charge on any atom is 0.0998 e. The van der Waals surface area contributed by atoms with Gasteiger partial charge in [-0.25, -0.2) is 0 Å². The lowest BCUT2D eigenvalue weighted by molar-refractivity contribution is 1.44. The number of nitriles is 3. The van der Waals surface area contributed by atoms with Gasteiger partial charge in [0.1, 0.15) is 0 Å². The first kappa shape index (κ1) is 30.8. The first-order chi connectivity index (χ1) is 25.5. The van der Waals surface area contributed by atoms with E-state index >= 15 is 0 Å². The van der Waals surface area contributed by atoms with Crippen LogP contribution in [0.5, 0.6) is 0 Å². The van der Waals surface area contributed by atoms with E-state index < -0.39 is 0 Å². The molecule has 0 radical (unpaired) electrons. The van der Waals surface area contributed by atoms with Gasteiger partial charge in [0.05, 0.1) is 29.3 Å². The second-order valence-corrected chi connectivity index (χ2v) is 13.5. The SMILES string of the molecule is C/C(C#N)=C\C=C(/C)c1cc2c3cc4c(cc3c(-c3ccc(C#N)cc3)cc2c2ccccc12)-c1ccc(-c2ccccc2C#N)c2cccc-4c12. The smallest absolute Gasteiger partial charge is 0.0998 e. The molecule has 8 aromatic carbocycles. The predicted molar refractivity (Wildman–Crippen MR) is 214 cm³/mol. The van der Waals surface area contributed by atoms with Crippen molar-refractivity contribution < 1.29 is 0 Å². The van der Waals surface area contributed by atoms with Gasteiger partial charge in [-0.2, -0.15) is 15.8 Å². The Morgan fingerprint density at radius 1 is 0.462 bits per heavy atom. The molecule has 0 spiro atoms. The van der Waals surface area contributed by atoms with Crippen molar-refractivity contribution in [2.24, 2.45) is 0 Å². The lowest BCUT2D eigenvalue weighted by atomic mass is 9.86. The molecule has 0 atom stereocenters. The molecule has 0 bridgehead atoms. The molecule has 1 aliphatic rings. The van der Waals surface area contributed by atoms with Gasteiger partial charge in [-0.1, -0.05) is 91.0 Å². The average molecular weight is 660 g/mol. The van der Waals surface area contributed by atoms with Gasteiger partial charge in [-0.05, 0) is 156 Å². The van der Waals surface area contributed by atoms with Gasteiger partial charge in [-0.3, -0.25) is 0 Å². The van der Waals surface area contributed by atoms with Gasteiger partial charge in [-0.15, -0.1) is 0 Å². The fraction of sp³-hybridized carbons (Fsp3) is 0.0408. The molecule has 1 aliphatic carbocycles. The number of benzene rings is 8. The summed E-state index contributed by atoms with van der Waals surface area (Å²) in [7, 11) is 0. The average Bonchev–Trinajstić information content (AvgIpc) is 3.52. The summed E-state index contributed by atoms with van der Waals surface area (Å²) in [5.41, 5.74) is 13.1. The third-order valence-corrected chi connectivity index (χ3v) is 10.6. The molecule has 3 nitrogen and oxygen atoms in total. The van der Waals surface area contributed by atoms with Crippen LogP contribution in [0.1, 0.15) is 30.5 Å². The number of hydrogen-bond donors (Lipinski definition) is 0. The van der Waals surface area contributed by atoms with Crippen LogP contribution in [0.15, 0.2) is 145 Å². The van der Waals surface area contributed by atoms with Gasteiger partial charge in [0.25, 0.3) is 0 Å². The first-order valence-electron chi connectivity index (χ1n) is 17.3.